The molecule has 88 valence electrons. The molecule has 3 nitrogen and oxygen atoms in total. The highest BCUT2D eigenvalue weighted by atomic mass is 19.1. The minimum atomic E-state index is -0.442. The normalized spacial score (nSPS) is 10.7. The first-order valence-electron chi connectivity index (χ1n) is 5.52. The van der Waals surface area contributed by atoms with Crippen molar-refractivity contribution in [3.63, 3.8) is 0 Å². The first-order valence-corrected chi connectivity index (χ1v) is 5.52. The maximum atomic E-state index is 13.1. The van der Waals surface area contributed by atoms with Crippen LogP contribution in [0.2, 0.25) is 0 Å². The third-order valence-electron chi connectivity index (χ3n) is 2.67. The van der Waals surface area contributed by atoms with Crippen LogP contribution < -0.4 is 5.43 Å². The van der Waals surface area contributed by atoms with E-state index in [2.05, 4.69) is 4.98 Å². The third kappa shape index (κ3) is 2.11. The van der Waals surface area contributed by atoms with E-state index < -0.39 is 5.82 Å². The van der Waals surface area contributed by atoms with Crippen molar-refractivity contribution >= 4 is 16.6 Å². The summed E-state index contributed by atoms with van der Waals surface area (Å²) < 4.78 is 13.1. The number of fused-ring (bicyclic) bond motifs is 1. The van der Waals surface area contributed by atoms with E-state index in [0.717, 1.165) is 6.42 Å². The molecule has 0 aliphatic carbocycles. The van der Waals surface area contributed by atoms with Gasteiger partial charge in [0.1, 0.15) is 5.82 Å². The number of aromatic nitrogens is 1. The molecule has 0 atom stereocenters. The van der Waals surface area contributed by atoms with Crippen molar-refractivity contribution < 1.29 is 4.39 Å². The van der Waals surface area contributed by atoms with Crippen LogP contribution in [-0.2, 0) is 0 Å². The number of rotatable bonds is 3. The SMILES string of the molecule is CCCC(=N)c1c[nH]c2ccc(F)cc2c1=O. The van der Waals surface area contributed by atoms with Gasteiger partial charge < -0.3 is 10.4 Å². The molecule has 0 aliphatic rings. The fourth-order valence-electron chi connectivity index (χ4n) is 1.80. The van der Waals surface area contributed by atoms with Gasteiger partial charge in [-0.1, -0.05) is 13.3 Å². The standard InChI is InChI=1S/C13H13FN2O/c1-2-3-11(15)10-7-16-12-5-4-8(14)6-9(12)13(10)17/h4-7,15H,2-3H2,1H3,(H,16,17). The predicted molar refractivity (Wildman–Crippen MR) is 66.3 cm³/mol. The number of pyridine rings is 1. The summed E-state index contributed by atoms with van der Waals surface area (Å²) >= 11 is 0. The smallest absolute Gasteiger partial charge is 0.198 e. The maximum Gasteiger partial charge on any atom is 0.198 e. The van der Waals surface area contributed by atoms with E-state index in [9.17, 15) is 9.18 Å². The minimum absolute atomic E-state index is 0.281. The molecule has 1 aromatic carbocycles. The molecule has 1 aromatic heterocycles. The number of halogens is 1. The van der Waals surface area contributed by atoms with Gasteiger partial charge in [-0.15, -0.1) is 0 Å². The molecule has 2 aromatic rings. The summed E-state index contributed by atoms with van der Waals surface area (Å²) in [5.41, 5.74) is 0.922. The van der Waals surface area contributed by atoms with E-state index in [0.29, 0.717) is 28.6 Å². The zero-order chi connectivity index (χ0) is 12.4. The van der Waals surface area contributed by atoms with E-state index in [1.54, 1.807) is 0 Å². The Labute approximate surface area is 97.8 Å². The van der Waals surface area contributed by atoms with E-state index in [1.165, 1.54) is 24.4 Å². The van der Waals surface area contributed by atoms with Gasteiger partial charge in [-0.25, -0.2) is 4.39 Å². The van der Waals surface area contributed by atoms with Crippen LogP contribution in [0, 0.1) is 11.2 Å². The van der Waals surface area contributed by atoms with E-state index in [1.807, 2.05) is 6.92 Å². The summed E-state index contributed by atoms with van der Waals surface area (Å²) in [7, 11) is 0. The lowest BCUT2D eigenvalue weighted by atomic mass is 10.1. The maximum absolute atomic E-state index is 13.1. The van der Waals surface area contributed by atoms with Crippen LogP contribution in [0.25, 0.3) is 10.9 Å². The molecular weight excluding hydrogens is 219 g/mol. The Hall–Kier alpha value is -1.97. The summed E-state index contributed by atoms with van der Waals surface area (Å²) in [6.45, 7) is 1.95. The van der Waals surface area contributed by atoms with Crippen molar-refractivity contribution in [1.29, 1.82) is 5.41 Å². The van der Waals surface area contributed by atoms with E-state index >= 15 is 0 Å². The second kappa shape index (κ2) is 4.49. The molecule has 0 bridgehead atoms. The molecule has 0 saturated carbocycles. The van der Waals surface area contributed by atoms with Crippen LogP contribution in [0.1, 0.15) is 25.3 Å². The van der Waals surface area contributed by atoms with Gasteiger partial charge in [0.2, 0.25) is 0 Å². The molecule has 4 heteroatoms. The topological polar surface area (TPSA) is 56.7 Å². The van der Waals surface area contributed by atoms with Crippen molar-refractivity contribution in [2.75, 3.05) is 0 Å². The van der Waals surface area contributed by atoms with Crippen LogP contribution in [0.4, 0.5) is 4.39 Å². The zero-order valence-corrected chi connectivity index (χ0v) is 9.51. The molecule has 0 aliphatic heterocycles. The number of hydrogen-bond acceptors (Lipinski definition) is 2. The van der Waals surface area contributed by atoms with Gasteiger partial charge in [0.05, 0.1) is 5.56 Å². The quantitative estimate of drug-likeness (QED) is 0.785. The van der Waals surface area contributed by atoms with Crippen LogP contribution >= 0.6 is 0 Å². The molecule has 0 unspecified atom stereocenters. The summed E-state index contributed by atoms with van der Waals surface area (Å²) in [5.74, 6) is -0.442. The Morgan fingerprint density at radius 2 is 2.24 bits per heavy atom. The van der Waals surface area contributed by atoms with Gasteiger partial charge in [-0.2, -0.15) is 0 Å². The molecule has 2 N–H and O–H groups in total. The molecule has 0 fully saturated rings. The Morgan fingerprint density at radius 1 is 1.47 bits per heavy atom. The second-order valence-electron chi connectivity index (χ2n) is 3.95. The molecule has 0 amide bonds. The van der Waals surface area contributed by atoms with Gasteiger partial charge in [0, 0.05) is 22.8 Å². The molecular formula is C13H13FN2O. The van der Waals surface area contributed by atoms with Crippen LogP contribution in [0.3, 0.4) is 0 Å². The van der Waals surface area contributed by atoms with Crippen LogP contribution in [0.15, 0.2) is 29.2 Å². The van der Waals surface area contributed by atoms with Gasteiger partial charge >= 0.3 is 0 Å². The molecule has 0 saturated heterocycles. The van der Waals surface area contributed by atoms with E-state index in [-0.39, 0.29) is 5.43 Å². The number of benzene rings is 1. The lowest BCUT2D eigenvalue weighted by Gasteiger charge is -2.04. The number of hydrogen-bond donors (Lipinski definition) is 2. The highest BCUT2D eigenvalue weighted by Gasteiger charge is 2.09. The fourth-order valence-corrected chi connectivity index (χ4v) is 1.80. The van der Waals surface area contributed by atoms with Crippen molar-refractivity contribution in [1.82, 2.24) is 4.98 Å². The highest BCUT2D eigenvalue weighted by molar-refractivity contribution is 6.00. The summed E-state index contributed by atoms with van der Waals surface area (Å²) in [5, 5.41) is 8.08. The molecule has 0 spiro atoms. The largest absolute Gasteiger partial charge is 0.360 e. The van der Waals surface area contributed by atoms with E-state index in [4.69, 9.17) is 5.41 Å². The fraction of sp³-hybridized carbons (Fsp3) is 0.231. The van der Waals surface area contributed by atoms with Crippen molar-refractivity contribution in [3.8, 4) is 0 Å². The zero-order valence-electron chi connectivity index (χ0n) is 9.51. The first-order chi connectivity index (χ1) is 8.13. The first kappa shape index (κ1) is 11.5. The molecule has 17 heavy (non-hydrogen) atoms. The summed E-state index contributed by atoms with van der Waals surface area (Å²) in [4.78, 5) is 15.0. The van der Waals surface area contributed by atoms with Crippen molar-refractivity contribution in [3.05, 3.63) is 46.0 Å². The van der Waals surface area contributed by atoms with Gasteiger partial charge in [0.15, 0.2) is 5.43 Å². The van der Waals surface area contributed by atoms with Crippen LogP contribution in [0.5, 0.6) is 0 Å². The molecule has 1 heterocycles. The number of aromatic amines is 1. The molecule has 0 radical (unpaired) electrons. The van der Waals surface area contributed by atoms with Gasteiger partial charge in [-0.05, 0) is 24.6 Å². The van der Waals surface area contributed by atoms with Gasteiger partial charge in [0.25, 0.3) is 0 Å². The molecule has 2 rings (SSSR count). The Morgan fingerprint density at radius 3 is 2.94 bits per heavy atom. The van der Waals surface area contributed by atoms with Crippen LogP contribution in [-0.4, -0.2) is 10.7 Å². The third-order valence-corrected chi connectivity index (χ3v) is 2.67. The lowest BCUT2D eigenvalue weighted by Crippen LogP contribution is -2.15. The average Bonchev–Trinajstić information content (AvgIpc) is 2.30. The number of H-pyrrole nitrogens is 1. The summed E-state index contributed by atoms with van der Waals surface area (Å²) in [6, 6.07) is 4.03. The predicted octanol–water partition coefficient (Wildman–Crippen LogP) is 2.84. The highest BCUT2D eigenvalue weighted by Crippen LogP contribution is 2.11. The Balaban J connectivity index is 2.65. The summed E-state index contributed by atoms with van der Waals surface area (Å²) in [6.07, 6.45) is 2.88. The van der Waals surface area contributed by atoms with Crippen molar-refractivity contribution in [2.24, 2.45) is 0 Å². The second-order valence-corrected chi connectivity index (χ2v) is 3.95. The lowest BCUT2D eigenvalue weighted by molar-refractivity contribution is 0.629. The average molecular weight is 232 g/mol. The minimum Gasteiger partial charge on any atom is -0.360 e. The van der Waals surface area contributed by atoms with Gasteiger partial charge in [-0.3, -0.25) is 4.79 Å². The monoisotopic (exact) mass is 232 g/mol. The van der Waals surface area contributed by atoms with Crippen molar-refractivity contribution in [2.45, 2.75) is 19.8 Å². The number of nitrogens with one attached hydrogen (secondary N) is 2. The Kier molecular flexibility index (Phi) is 3.04. The Bertz CT molecular complexity index is 631.